The van der Waals surface area contributed by atoms with Gasteiger partial charge >= 0.3 is 6.98 Å². The predicted octanol–water partition coefficient (Wildman–Crippen LogP) is 3.38. The molecular weight excluding hydrogens is 199 g/mol. The van der Waals surface area contributed by atoms with Gasteiger partial charge in [-0.3, -0.25) is 9.84 Å². The normalized spacial score (nSPS) is 17.6. The lowest BCUT2D eigenvalue weighted by Gasteiger charge is -2.40. The van der Waals surface area contributed by atoms with E-state index >= 15 is 0 Å². The van der Waals surface area contributed by atoms with Gasteiger partial charge in [0.2, 0.25) is 0 Å². The van der Waals surface area contributed by atoms with Crippen molar-refractivity contribution in [2.75, 3.05) is 6.54 Å². The van der Waals surface area contributed by atoms with Crippen molar-refractivity contribution >= 4 is 6.98 Å². The van der Waals surface area contributed by atoms with Gasteiger partial charge in [-0.1, -0.05) is 38.1 Å². The number of hydrogen-bond acceptors (Lipinski definition) is 4. The van der Waals surface area contributed by atoms with Crippen molar-refractivity contribution in [3.8, 4) is 0 Å². The van der Waals surface area contributed by atoms with Crippen LogP contribution in [0.15, 0.2) is 10.4 Å². The van der Waals surface area contributed by atoms with Crippen molar-refractivity contribution in [1.29, 1.82) is 0 Å². The average Bonchev–Trinajstić information content (AvgIpc) is 2.46. The summed E-state index contributed by atoms with van der Waals surface area (Å²) in [6, 6.07) is 0. The van der Waals surface area contributed by atoms with E-state index < -0.39 is 0 Å². The first-order valence-corrected chi connectivity index (χ1v) is 6.15. The van der Waals surface area contributed by atoms with Gasteiger partial charge in [0.15, 0.2) is 0 Å². The molecule has 0 saturated carbocycles. The van der Waals surface area contributed by atoms with Crippen molar-refractivity contribution in [1.82, 2.24) is 9.84 Å². The fourth-order valence-corrected chi connectivity index (χ4v) is 2.03. The highest BCUT2D eigenvalue weighted by Crippen LogP contribution is 2.38. The molecule has 1 aliphatic heterocycles. The van der Waals surface area contributed by atoms with Crippen LogP contribution < -0.4 is 0 Å². The Kier molecular flexibility index (Phi) is 3.55. The molecule has 92 valence electrons. The maximum absolute atomic E-state index is 4.34. The lowest BCUT2D eigenvalue weighted by Crippen LogP contribution is -2.56. The Labute approximate surface area is 100 Å². The molecule has 0 unspecified atom stereocenters. The Balaban J connectivity index is 2.93. The van der Waals surface area contributed by atoms with E-state index in [-0.39, 0.29) is 17.8 Å². The fraction of sp³-hybridized carbons (Fsp3) is 1.00. The second-order valence-corrected chi connectivity index (χ2v) is 6.60. The minimum atomic E-state index is 0.0178. The van der Waals surface area contributed by atoms with E-state index in [0.29, 0.717) is 0 Å². The molecule has 0 spiro atoms. The third kappa shape index (κ3) is 2.68. The van der Waals surface area contributed by atoms with Gasteiger partial charge in [-0.2, -0.15) is 0 Å². The summed E-state index contributed by atoms with van der Waals surface area (Å²) in [6.45, 7) is 16.7. The molecule has 0 fully saturated rings. The van der Waals surface area contributed by atoms with Crippen LogP contribution in [-0.2, 0) is 0 Å². The molecule has 1 rings (SSSR count). The van der Waals surface area contributed by atoms with Gasteiger partial charge in [-0.15, -0.1) is 0 Å². The third-order valence-electron chi connectivity index (χ3n) is 2.68. The molecule has 0 amide bonds. The van der Waals surface area contributed by atoms with Gasteiger partial charge < -0.3 is 0 Å². The topological polar surface area (TPSA) is 31.2 Å². The SMILES string of the molecule is CCCN1N=NN(C(C)(C)C)B1C(C)(C)C. The van der Waals surface area contributed by atoms with E-state index in [1.54, 1.807) is 0 Å². The quantitative estimate of drug-likeness (QED) is 0.673. The predicted molar refractivity (Wildman–Crippen MR) is 68.9 cm³/mol. The summed E-state index contributed by atoms with van der Waals surface area (Å²) in [5.74, 6) is 0. The zero-order valence-corrected chi connectivity index (χ0v) is 11.8. The summed E-state index contributed by atoms with van der Waals surface area (Å²) in [5, 5.41) is 8.79. The van der Waals surface area contributed by atoms with E-state index in [1.807, 2.05) is 0 Å². The van der Waals surface area contributed by atoms with E-state index in [9.17, 15) is 0 Å². The van der Waals surface area contributed by atoms with Crippen molar-refractivity contribution < 1.29 is 0 Å². The van der Waals surface area contributed by atoms with E-state index in [1.165, 1.54) is 0 Å². The minimum Gasteiger partial charge on any atom is -0.294 e. The summed E-state index contributed by atoms with van der Waals surface area (Å²) in [6.07, 6.45) is 1.10. The Morgan fingerprint density at radius 1 is 1.00 bits per heavy atom. The highest BCUT2D eigenvalue weighted by atomic mass is 15.7. The van der Waals surface area contributed by atoms with Crippen LogP contribution >= 0.6 is 0 Å². The first kappa shape index (κ1) is 13.3. The lowest BCUT2D eigenvalue weighted by atomic mass is 9.51. The van der Waals surface area contributed by atoms with Gasteiger partial charge in [-0.25, -0.2) is 0 Å². The van der Waals surface area contributed by atoms with Crippen LogP contribution in [0.3, 0.4) is 0 Å². The van der Waals surface area contributed by atoms with Crippen molar-refractivity contribution in [2.24, 2.45) is 10.4 Å². The second-order valence-electron chi connectivity index (χ2n) is 6.60. The molecule has 5 heteroatoms. The van der Waals surface area contributed by atoms with E-state index in [2.05, 4.69) is 68.8 Å². The molecule has 4 nitrogen and oxygen atoms in total. The van der Waals surface area contributed by atoms with Crippen molar-refractivity contribution in [3.63, 3.8) is 0 Å². The van der Waals surface area contributed by atoms with Gasteiger partial charge in [0, 0.05) is 12.1 Å². The van der Waals surface area contributed by atoms with Crippen LogP contribution in [0, 0.1) is 0 Å². The largest absolute Gasteiger partial charge is 0.418 e. The summed E-state index contributed by atoms with van der Waals surface area (Å²) in [7, 11) is 0. The van der Waals surface area contributed by atoms with Crippen molar-refractivity contribution in [3.05, 3.63) is 0 Å². The number of hydrogen-bond donors (Lipinski definition) is 0. The smallest absolute Gasteiger partial charge is 0.294 e. The van der Waals surface area contributed by atoms with Crippen LogP contribution in [0.4, 0.5) is 0 Å². The highest BCUT2D eigenvalue weighted by molar-refractivity contribution is 6.56. The Bertz CT molecular complexity index is 264. The molecule has 0 atom stereocenters. The zero-order valence-electron chi connectivity index (χ0n) is 11.8. The van der Waals surface area contributed by atoms with E-state index in [4.69, 9.17) is 0 Å². The number of rotatable bonds is 2. The van der Waals surface area contributed by atoms with Gasteiger partial charge in [0.1, 0.15) is 0 Å². The molecule has 0 aliphatic carbocycles. The molecule has 0 aromatic heterocycles. The highest BCUT2D eigenvalue weighted by Gasteiger charge is 2.48. The molecule has 0 aromatic carbocycles. The molecule has 0 saturated heterocycles. The molecule has 0 bridgehead atoms. The Hall–Kier alpha value is -0.735. The second kappa shape index (κ2) is 4.26. The van der Waals surface area contributed by atoms with Crippen LogP contribution in [0.5, 0.6) is 0 Å². The maximum Gasteiger partial charge on any atom is 0.418 e. The van der Waals surface area contributed by atoms with Gasteiger partial charge in [-0.05, 0) is 32.5 Å². The van der Waals surface area contributed by atoms with Crippen LogP contribution in [0.2, 0.25) is 5.31 Å². The lowest BCUT2D eigenvalue weighted by molar-refractivity contribution is 0.244. The average molecular weight is 224 g/mol. The third-order valence-corrected chi connectivity index (χ3v) is 2.68. The molecule has 0 radical (unpaired) electrons. The zero-order chi connectivity index (χ0) is 12.6. The monoisotopic (exact) mass is 224 g/mol. The molecule has 1 heterocycles. The first-order chi connectivity index (χ1) is 7.18. The molecule has 0 N–H and O–H groups in total. The fourth-order valence-electron chi connectivity index (χ4n) is 2.03. The molecule has 16 heavy (non-hydrogen) atoms. The minimum absolute atomic E-state index is 0.0178. The van der Waals surface area contributed by atoms with E-state index in [0.717, 1.165) is 13.0 Å². The Morgan fingerprint density at radius 3 is 1.94 bits per heavy atom. The van der Waals surface area contributed by atoms with Crippen molar-refractivity contribution in [2.45, 2.75) is 65.7 Å². The molecular formula is C11H25BN4. The number of nitrogens with zero attached hydrogens (tertiary/aromatic N) is 4. The summed E-state index contributed by atoms with van der Waals surface area (Å²) >= 11 is 0. The maximum atomic E-state index is 4.34. The van der Waals surface area contributed by atoms with Crippen LogP contribution in [-0.4, -0.2) is 28.9 Å². The first-order valence-electron chi connectivity index (χ1n) is 6.15. The van der Waals surface area contributed by atoms with Crippen LogP contribution in [0.1, 0.15) is 54.9 Å². The van der Waals surface area contributed by atoms with Crippen LogP contribution in [0.25, 0.3) is 0 Å². The Morgan fingerprint density at radius 2 is 1.56 bits per heavy atom. The van der Waals surface area contributed by atoms with Gasteiger partial charge in [0.05, 0.1) is 0 Å². The molecule has 0 aromatic rings. The molecule has 1 aliphatic rings. The summed E-state index contributed by atoms with van der Waals surface area (Å²) in [5.41, 5.74) is 0.0178. The summed E-state index contributed by atoms with van der Waals surface area (Å²) < 4.78 is 0. The van der Waals surface area contributed by atoms with Gasteiger partial charge in [0.25, 0.3) is 0 Å². The summed E-state index contributed by atoms with van der Waals surface area (Å²) in [4.78, 5) is 4.24. The standard InChI is InChI=1S/C11H25BN4/c1-8-9-15-12(10(2,3)4)16(14-13-15)11(5,6)7/h8-9H2,1-7H3.